The van der Waals surface area contributed by atoms with Gasteiger partial charge in [-0.15, -0.1) is 11.8 Å². The van der Waals surface area contributed by atoms with Gasteiger partial charge >= 0.3 is 5.69 Å². The van der Waals surface area contributed by atoms with Crippen molar-refractivity contribution in [3.63, 3.8) is 0 Å². The molecule has 0 amide bonds. The lowest BCUT2D eigenvalue weighted by Crippen LogP contribution is -2.37. The number of fused-ring (bicyclic) bond motifs is 1. The Bertz CT molecular complexity index is 1140. The molecular formula is C20H20N4O2S. The van der Waals surface area contributed by atoms with Crippen molar-refractivity contribution in [3.05, 3.63) is 68.6 Å². The van der Waals surface area contributed by atoms with E-state index >= 15 is 0 Å². The predicted octanol–water partition coefficient (Wildman–Crippen LogP) is 2.71. The van der Waals surface area contributed by atoms with Gasteiger partial charge in [0.2, 0.25) is 0 Å². The van der Waals surface area contributed by atoms with Crippen molar-refractivity contribution in [1.82, 2.24) is 19.1 Å². The Morgan fingerprint density at radius 2 is 1.85 bits per heavy atom. The Kier molecular flexibility index (Phi) is 4.70. The molecule has 3 aromatic rings. The van der Waals surface area contributed by atoms with Crippen LogP contribution in [-0.2, 0) is 14.1 Å². The van der Waals surface area contributed by atoms with Crippen molar-refractivity contribution >= 4 is 28.9 Å². The van der Waals surface area contributed by atoms with Crippen molar-refractivity contribution in [1.29, 1.82) is 0 Å². The molecular weight excluding hydrogens is 360 g/mol. The predicted molar refractivity (Wildman–Crippen MR) is 108 cm³/mol. The van der Waals surface area contributed by atoms with Crippen LogP contribution in [0.5, 0.6) is 0 Å². The van der Waals surface area contributed by atoms with E-state index in [4.69, 9.17) is 0 Å². The first-order valence-electron chi connectivity index (χ1n) is 8.88. The summed E-state index contributed by atoms with van der Waals surface area (Å²) in [6.07, 6.45) is 6.22. The van der Waals surface area contributed by atoms with E-state index in [2.05, 4.69) is 16.0 Å². The zero-order chi connectivity index (χ0) is 19.0. The summed E-state index contributed by atoms with van der Waals surface area (Å²) in [6.45, 7) is 0. The molecule has 138 valence electrons. The molecule has 27 heavy (non-hydrogen) atoms. The third kappa shape index (κ3) is 3.47. The third-order valence-electron chi connectivity index (χ3n) is 4.65. The molecule has 1 fully saturated rings. The number of rotatable bonds is 5. The normalized spacial score (nSPS) is 14.3. The fraction of sp³-hybridized carbons (Fsp3) is 0.300. The Morgan fingerprint density at radius 1 is 1.11 bits per heavy atom. The fourth-order valence-electron chi connectivity index (χ4n) is 2.95. The van der Waals surface area contributed by atoms with Gasteiger partial charge in [0.1, 0.15) is 16.2 Å². The molecule has 0 N–H and O–H groups in total. The molecule has 1 aromatic carbocycles. The number of benzene rings is 1. The third-order valence-corrected chi connectivity index (χ3v) is 5.58. The maximum atomic E-state index is 12.7. The van der Waals surface area contributed by atoms with Gasteiger partial charge in [-0.05, 0) is 18.4 Å². The van der Waals surface area contributed by atoms with Crippen molar-refractivity contribution < 1.29 is 0 Å². The fourth-order valence-corrected chi connectivity index (χ4v) is 3.78. The highest BCUT2D eigenvalue weighted by atomic mass is 32.2. The number of hydrogen-bond donors (Lipinski definition) is 0. The van der Waals surface area contributed by atoms with Crippen LogP contribution in [0.25, 0.3) is 17.1 Å². The smallest absolute Gasteiger partial charge is 0.280 e. The summed E-state index contributed by atoms with van der Waals surface area (Å²) in [7, 11) is 3.14. The number of aromatic nitrogens is 4. The molecule has 4 rings (SSSR count). The topological polar surface area (TPSA) is 69.8 Å². The van der Waals surface area contributed by atoms with Crippen molar-refractivity contribution in [2.75, 3.05) is 5.75 Å². The van der Waals surface area contributed by atoms with Crippen LogP contribution in [0.1, 0.15) is 30.1 Å². The van der Waals surface area contributed by atoms with Crippen LogP contribution in [0, 0.1) is 0 Å². The van der Waals surface area contributed by atoms with Crippen LogP contribution in [0.15, 0.2) is 51.0 Å². The molecule has 0 aliphatic heterocycles. The van der Waals surface area contributed by atoms with E-state index in [0.717, 1.165) is 28.8 Å². The second kappa shape index (κ2) is 7.15. The highest BCUT2D eigenvalue weighted by Crippen LogP contribution is 2.39. The molecule has 1 aliphatic rings. The van der Waals surface area contributed by atoms with Crippen LogP contribution in [0.3, 0.4) is 0 Å². The van der Waals surface area contributed by atoms with Gasteiger partial charge in [0.25, 0.3) is 5.56 Å². The van der Waals surface area contributed by atoms with E-state index in [0.29, 0.717) is 27.7 Å². The summed E-state index contributed by atoms with van der Waals surface area (Å²) in [4.78, 5) is 34.2. The first-order chi connectivity index (χ1) is 13.1. The quantitative estimate of drug-likeness (QED) is 0.503. The van der Waals surface area contributed by atoms with E-state index < -0.39 is 0 Å². The van der Waals surface area contributed by atoms with Gasteiger partial charge in [-0.2, -0.15) is 0 Å². The van der Waals surface area contributed by atoms with Crippen molar-refractivity contribution in [3.8, 4) is 0 Å². The molecule has 2 aromatic heterocycles. The van der Waals surface area contributed by atoms with Crippen LogP contribution >= 0.6 is 11.8 Å². The summed E-state index contributed by atoms with van der Waals surface area (Å²) >= 11 is 1.50. The Balaban J connectivity index is 1.73. The van der Waals surface area contributed by atoms with Gasteiger partial charge in [-0.25, -0.2) is 14.8 Å². The minimum atomic E-state index is -0.368. The summed E-state index contributed by atoms with van der Waals surface area (Å²) in [5, 5.41) is 1.07. The Morgan fingerprint density at radius 3 is 2.56 bits per heavy atom. The summed E-state index contributed by atoms with van der Waals surface area (Å²) in [5.74, 6) is 1.75. The summed E-state index contributed by atoms with van der Waals surface area (Å²) in [5.41, 5.74) is 0.843. The minimum absolute atomic E-state index is 0.341. The highest BCUT2D eigenvalue weighted by molar-refractivity contribution is 7.99. The average Bonchev–Trinajstić information content (AvgIpc) is 3.53. The molecule has 0 atom stereocenters. The SMILES string of the molecule is Cn1c(=O)c2c(SCC=Cc3ccccc3)nc(C3CC3)nc2n(C)c1=O. The van der Waals surface area contributed by atoms with Crippen molar-refractivity contribution in [2.24, 2.45) is 14.1 Å². The van der Waals surface area contributed by atoms with Crippen LogP contribution in [-0.4, -0.2) is 24.9 Å². The van der Waals surface area contributed by atoms with E-state index in [1.54, 1.807) is 7.05 Å². The zero-order valence-electron chi connectivity index (χ0n) is 15.3. The second-order valence-electron chi connectivity index (χ2n) is 6.69. The highest BCUT2D eigenvalue weighted by Gasteiger charge is 2.29. The maximum absolute atomic E-state index is 12.7. The number of thioether (sulfide) groups is 1. The molecule has 7 heteroatoms. The lowest BCUT2D eigenvalue weighted by molar-refractivity contribution is 0.698. The second-order valence-corrected chi connectivity index (χ2v) is 7.70. The number of aryl methyl sites for hydroxylation is 1. The molecule has 6 nitrogen and oxygen atoms in total. The van der Waals surface area contributed by atoms with E-state index in [-0.39, 0.29) is 11.2 Å². The van der Waals surface area contributed by atoms with Gasteiger partial charge < -0.3 is 0 Å². The minimum Gasteiger partial charge on any atom is -0.280 e. The van der Waals surface area contributed by atoms with E-state index in [9.17, 15) is 9.59 Å². The van der Waals surface area contributed by atoms with E-state index in [1.165, 1.54) is 23.4 Å². The lowest BCUT2D eigenvalue weighted by Gasteiger charge is -2.11. The van der Waals surface area contributed by atoms with Crippen LogP contribution in [0.2, 0.25) is 0 Å². The van der Waals surface area contributed by atoms with Gasteiger partial charge in [0.05, 0.1) is 0 Å². The molecule has 0 radical (unpaired) electrons. The number of hydrogen-bond acceptors (Lipinski definition) is 5. The first-order valence-corrected chi connectivity index (χ1v) is 9.87. The standard InChI is InChI=1S/C20H20N4O2S/c1-23-17-15(19(25)24(2)20(23)26)18(22-16(21-17)14-10-11-14)27-12-6-9-13-7-4-3-5-8-13/h3-9,14H,10-12H2,1-2H3. The monoisotopic (exact) mass is 380 g/mol. The Hall–Kier alpha value is -2.67. The summed E-state index contributed by atoms with van der Waals surface area (Å²) < 4.78 is 2.56. The molecule has 0 spiro atoms. The van der Waals surface area contributed by atoms with Gasteiger partial charge in [0.15, 0.2) is 5.65 Å². The molecule has 1 saturated carbocycles. The van der Waals surface area contributed by atoms with Crippen LogP contribution in [0.4, 0.5) is 0 Å². The van der Waals surface area contributed by atoms with Gasteiger partial charge in [-0.1, -0.05) is 42.5 Å². The zero-order valence-corrected chi connectivity index (χ0v) is 16.1. The number of nitrogens with zero attached hydrogens (tertiary/aromatic N) is 4. The summed E-state index contributed by atoms with van der Waals surface area (Å²) in [6, 6.07) is 10.1. The van der Waals surface area contributed by atoms with E-state index in [1.807, 2.05) is 36.4 Å². The average molecular weight is 380 g/mol. The molecule has 0 saturated heterocycles. The Labute approximate surface area is 160 Å². The lowest BCUT2D eigenvalue weighted by atomic mass is 10.2. The molecule has 0 unspecified atom stereocenters. The van der Waals surface area contributed by atoms with Gasteiger partial charge in [0, 0.05) is 25.8 Å². The first kappa shape index (κ1) is 17.7. The maximum Gasteiger partial charge on any atom is 0.332 e. The largest absolute Gasteiger partial charge is 0.332 e. The van der Waals surface area contributed by atoms with Gasteiger partial charge in [-0.3, -0.25) is 13.9 Å². The van der Waals surface area contributed by atoms with Crippen LogP contribution < -0.4 is 11.2 Å². The molecule has 0 bridgehead atoms. The molecule has 2 heterocycles. The molecule has 1 aliphatic carbocycles. The van der Waals surface area contributed by atoms with Crippen molar-refractivity contribution in [2.45, 2.75) is 23.8 Å².